The first-order valence-corrected chi connectivity index (χ1v) is 5.57. The molecule has 2 rings (SSSR count). The number of aliphatic hydroxyl groups excluding tert-OH is 1. The van der Waals surface area contributed by atoms with Crippen LogP contribution in [-0.4, -0.2) is 34.8 Å². The van der Waals surface area contributed by atoms with E-state index < -0.39 is 0 Å². The summed E-state index contributed by atoms with van der Waals surface area (Å²) in [6.45, 7) is 2.20. The minimum absolute atomic E-state index is 0.0969. The summed E-state index contributed by atoms with van der Waals surface area (Å²) in [5.41, 5.74) is 0.802. The van der Waals surface area contributed by atoms with Gasteiger partial charge in [-0.05, 0) is 12.8 Å². The Morgan fingerprint density at radius 2 is 1.94 bits per heavy atom. The first kappa shape index (κ1) is 10.9. The van der Waals surface area contributed by atoms with Gasteiger partial charge in [-0.25, -0.2) is 9.97 Å². The summed E-state index contributed by atoms with van der Waals surface area (Å²) in [6, 6.07) is 0. The molecule has 4 heteroatoms. The van der Waals surface area contributed by atoms with E-state index in [1.165, 1.54) is 12.8 Å². The van der Waals surface area contributed by atoms with Crippen molar-refractivity contribution in [2.45, 2.75) is 19.3 Å². The molecule has 0 spiro atoms. The highest BCUT2D eigenvalue weighted by Gasteiger charge is 2.13. The molecule has 1 aliphatic rings. The highest BCUT2D eigenvalue weighted by atomic mass is 16.2. The van der Waals surface area contributed by atoms with Crippen molar-refractivity contribution >= 4 is 5.95 Å². The standard InChI is InChI=1S/C12H15N3O/c16-8-4-1-5-11-9-13-12(14-10-11)15-6-2-3-7-15/h9-10,16H,2-4,6-8H2. The van der Waals surface area contributed by atoms with E-state index in [1.807, 2.05) is 0 Å². The molecular formula is C12H15N3O. The fourth-order valence-electron chi connectivity index (χ4n) is 1.69. The lowest BCUT2D eigenvalue weighted by molar-refractivity contribution is 0.305. The normalized spacial score (nSPS) is 14.7. The maximum Gasteiger partial charge on any atom is 0.225 e. The Labute approximate surface area is 95.3 Å². The van der Waals surface area contributed by atoms with Crippen molar-refractivity contribution in [3.63, 3.8) is 0 Å². The van der Waals surface area contributed by atoms with Crippen molar-refractivity contribution in [2.75, 3.05) is 24.6 Å². The Hall–Kier alpha value is -1.60. The predicted octanol–water partition coefficient (Wildman–Crippen LogP) is 0.811. The number of hydrogen-bond acceptors (Lipinski definition) is 4. The molecule has 1 aliphatic heterocycles. The fraction of sp³-hybridized carbons (Fsp3) is 0.500. The number of anilines is 1. The van der Waals surface area contributed by atoms with Gasteiger partial charge in [0.15, 0.2) is 0 Å². The molecule has 1 N–H and O–H groups in total. The van der Waals surface area contributed by atoms with Gasteiger partial charge >= 0.3 is 0 Å². The minimum Gasteiger partial charge on any atom is -0.395 e. The number of nitrogens with zero attached hydrogens (tertiary/aromatic N) is 3. The smallest absolute Gasteiger partial charge is 0.225 e. The van der Waals surface area contributed by atoms with Gasteiger partial charge in [0, 0.05) is 31.9 Å². The second kappa shape index (κ2) is 5.47. The van der Waals surface area contributed by atoms with Crippen LogP contribution in [0.3, 0.4) is 0 Å². The van der Waals surface area contributed by atoms with Gasteiger partial charge in [0.05, 0.1) is 12.2 Å². The van der Waals surface area contributed by atoms with Crippen LogP contribution in [0.15, 0.2) is 12.4 Å². The van der Waals surface area contributed by atoms with Crippen molar-refractivity contribution in [3.8, 4) is 11.8 Å². The predicted molar refractivity (Wildman–Crippen MR) is 62.1 cm³/mol. The van der Waals surface area contributed by atoms with E-state index in [2.05, 4.69) is 26.7 Å². The van der Waals surface area contributed by atoms with Crippen LogP contribution in [0, 0.1) is 11.8 Å². The molecule has 0 aliphatic carbocycles. The summed E-state index contributed by atoms with van der Waals surface area (Å²) >= 11 is 0. The Kier molecular flexibility index (Phi) is 3.73. The van der Waals surface area contributed by atoms with Gasteiger partial charge in [-0.15, -0.1) is 0 Å². The van der Waals surface area contributed by atoms with Crippen molar-refractivity contribution in [3.05, 3.63) is 18.0 Å². The molecule has 16 heavy (non-hydrogen) atoms. The number of aliphatic hydroxyl groups is 1. The van der Waals surface area contributed by atoms with Crippen molar-refractivity contribution < 1.29 is 5.11 Å². The van der Waals surface area contributed by atoms with Crippen LogP contribution >= 0.6 is 0 Å². The highest BCUT2D eigenvalue weighted by molar-refractivity contribution is 5.36. The molecule has 84 valence electrons. The molecule has 0 unspecified atom stereocenters. The zero-order chi connectivity index (χ0) is 11.2. The van der Waals surface area contributed by atoms with Crippen LogP contribution < -0.4 is 4.90 Å². The molecule has 0 bridgehead atoms. The van der Waals surface area contributed by atoms with E-state index in [4.69, 9.17) is 5.11 Å². The van der Waals surface area contributed by atoms with Crippen LogP contribution in [0.5, 0.6) is 0 Å². The van der Waals surface area contributed by atoms with Gasteiger partial charge < -0.3 is 10.0 Å². The molecule has 0 atom stereocenters. The third-order valence-electron chi connectivity index (χ3n) is 2.50. The van der Waals surface area contributed by atoms with E-state index in [-0.39, 0.29) is 6.61 Å². The van der Waals surface area contributed by atoms with E-state index in [0.717, 1.165) is 24.6 Å². The zero-order valence-electron chi connectivity index (χ0n) is 9.19. The van der Waals surface area contributed by atoms with Gasteiger partial charge in [0.2, 0.25) is 5.95 Å². The lowest BCUT2D eigenvalue weighted by Crippen LogP contribution is -2.20. The monoisotopic (exact) mass is 217 g/mol. The molecule has 0 radical (unpaired) electrons. The van der Waals surface area contributed by atoms with Gasteiger partial charge in [-0.2, -0.15) is 0 Å². The van der Waals surface area contributed by atoms with Crippen LogP contribution in [0.1, 0.15) is 24.8 Å². The molecule has 4 nitrogen and oxygen atoms in total. The summed E-state index contributed by atoms with van der Waals surface area (Å²) in [7, 11) is 0. The largest absolute Gasteiger partial charge is 0.395 e. The van der Waals surface area contributed by atoms with Crippen LogP contribution in [-0.2, 0) is 0 Å². The Morgan fingerprint density at radius 1 is 1.25 bits per heavy atom. The van der Waals surface area contributed by atoms with Crippen molar-refractivity contribution in [1.82, 2.24) is 9.97 Å². The summed E-state index contributed by atoms with van der Waals surface area (Å²) in [5, 5.41) is 8.59. The average Bonchev–Trinajstić information content (AvgIpc) is 2.84. The van der Waals surface area contributed by atoms with Crippen LogP contribution in [0.25, 0.3) is 0 Å². The molecule has 1 fully saturated rings. The molecule has 1 aromatic rings. The molecule has 0 saturated carbocycles. The van der Waals surface area contributed by atoms with Crippen molar-refractivity contribution in [2.24, 2.45) is 0 Å². The molecule has 2 heterocycles. The number of rotatable bonds is 2. The molecule has 0 amide bonds. The first-order valence-electron chi connectivity index (χ1n) is 5.57. The fourth-order valence-corrected chi connectivity index (χ4v) is 1.69. The third kappa shape index (κ3) is 2.71. The second-order valence-corrected chi connectivity index (χ2v) is 3.74. The van der Waals surface area contributed by atoms with E-state index in [1.54, 1.807) is 12.4 Å². The summed E-state index contributed by atoms with van der Waals surface area (Å²) in [6.07, 6.45) is 6.42. The Morgan fingerprint density at radius 3 is 2.56 bits per heavy atom. The van der Waals surface area contributed by atoms with Crippen LogP contribution in [0.4, 0.5) is 5.95 Å². The van der Waals surface area contributed by atoms with E-state index >= 15 is 0 Å². The SMILES string of the molecule is OCCC#Cc1cnc(N2CCCC2)nc1. The van der Waals surface area contributed by atoms with Gasteiger partial charge in [-0.1, -0.05) is 11.8 Å². The second-order valence-electron chi connectivity index (χ2n) is 3.74. The Bertz CT molecular complexity index is 385. The summed E-state index contributed by atoms with van der Waals surface area (Å²) < 4.78 is 0. The quantitative estimate of drug-likeness (QED) is 0.745. The number of hydrogen-bond donors (Lipinski definition) is 1. The van der Waals surface area contributed by atoms with Crippen molar-refractivity contribution in [1.29, 1.82) is 0 Å². The lowest BCUT2D eigenvalue weighted by atomic mass is 10.3. The third-order valence-corrected chi connectivity index (χ3v) is 2.50. The number of aromatic nitrogens is 2. The topological polar surface area (TPSA) is 49.3 Å². The van der Waals surface area contributed by atoms with Gasteiger partial charge in [0.1, 0.15) is 0 Å². The molecule has 1 saturated heterocycles. The highest BCUT2D eigenvalue weighted by Crippen LogP contribution is 2.14. The lowest BCUT2D eigenvalue weighted by Gasteiger charge is -2.13. The molecule has 0 aromatic carbocycles. The van der Waals surface area contributed by atoms with Gasteiger partial charge in [-0.3, -0.25) is 0 Å². The van der Waals surface area contributed by atoms with Gasteiger partial charge in [0.25, 0.3) is 0 Å². The molecular weight excluding hydrogens is 202 g/mol. The Balaban J connectivity index is 2.02. The van der Waals surface area contributed by atoms with Crippen LogP contribution in [0.2, 0.25) is 0 Å². The minimum atomic E-state index is 0.0969. The maximum absolute atomic E-state index is 8.59. The molecule has 1 aromatic heterocycles. The average molecular weight is 217 g/mol. The summed E-state index contributed by atoms with van der Waals surface area (Å²) in [5.74, 6) is 6.55. The maximum atomic E-state index is 8.59. The first-order chi connectivity index (χ1) is 7.90. The van der Waals surface area contributed by atoms with E-state index in [9.17, 15) is 0 Å². The van der Waals surface area contributed by atoms with E-state index in [0.29, 0.717) is 6.42 Å². The zero-order valence-corrected chi connectivity index (χ0v) is 9.19. The summed E-state index contributed by atoms with van der Waals surface area (Å²) in [4.78, 5) is 10.8.